The molecule has 186 valence electrons. The van der Waals surface area contributed by atoms with E-state index in [1.165, 1.54) is 17.2 Å². The fraction of sp³-hybridized carbons (Fsp3) is 0.429. The summed E-state index contributed by atoms with van der Waals surface area (Å²) in [7, 11) is -2.15. The molecule has 1 saturated heterocycles. The molecule has 0 bridgehead atoms. The molecule has 1 aliphatic heterocycles. The first-order valence-corrected chi connectivity index (χ1v) is 12.8. The molecule has 2 aromatic rings. The zero-order chi connectivity index (χ0) is 25.0. The first kappa shape index (κ1) is 29.4. The maximum atomic E-state index is 12.9. The molecule has 0 aliphatic carbocycles. The quantitative estimate of drug-likeness (QED) is 0.0464. The van der Waals surface area contributed by atoms with E-state index in [9.17, 15) is 27.4 Å². The van der Waals surface area contributed by atoms with Crippen LogP contribution in [0.3, 0.4) is 0 Å². The number of nitrogens with zero attached hydrogens (tertiary/aromatic N) is 7. The van der Waals surface area contributed by atoms with Crippen LogP contribution in [0.1, 0.15) is 7.12 Å². The Balaban J connectivity index is 0.00000324. The van der Waals surface area contributed by atoms with E-state index < -0.39 is 40.1 Å². The molecule has 0 spiro atoms. The molecule has 3 amide bonds. The van der Waals surface area contributed by atoms with Crippen molar-refractivity contribution in [3.63, 3.8) is 0 Å². The maximum Gasteiger partial charge on any atom is 1.00 e. The third kappa shape index (κ3) is 6.88. The summed E-state index contributed by atoms with van der Waals surface area (Å²) in [5.41, 5.74) is -0.323. The van der Waals surface area contributed by atoms with Crippen molar-refractivity contribution in [3.05, 3.63) is 11.1 Å². The molecule has 2 unspecified atom stereocenters. The molecule has 2 aromatic heterocycles. The zero-order valence-corrected chi connectivity index (χ0v) is 23.5. The van der Waals surface area contributed by atoms with Crippen molar-refractivity contribution in [2.45, 2.75) is 17.2 Å². The van der Waals surface area contributed by atoms with E-state index in [0.717, 1.165) is 23.1 Å². The summed E-state index contributed by atoms with van der Waals surface area (Å²) in [6.45, 7) is 0. The molecule has 0 radical (unpaired) electrons. The van der Waals surface area contributed by atoms with E-state index in [2.05, 4.69) is 41.1 Å². The van der Waals surface area contributed by atoms with E-state index in [1.807, 2.05) is 0 Å². The van der Waals surface area contributed by atoms with Gasteiger partial charge in [-0.05, 0) is 10.4 Å². The van der Waals surface area contributed by atoms with E-state index in [0.29, 0.717) is 5.16 Å². The Morgan fingerprint density at radius 2 is 2.17 bits per heavy atom. The average molecular weight is 578 g/mol. The van der Waals surface area contributed by atoms with Gasteiger partial charge in [-0.15, -0.1) is 28.0 Å². The van der Waals surface area contributed by atoms with Crippen LogP contribution < -0.4 is 40.2 Å². The third-order valence-electron chi connectivity index (χ3n) is 4.18. The largest absolute Gasteiger partial charge is 1.00 e. The number of amides is 3. The molecular weight excluding hydrogens is 561 g/mol. The van der Waals surface area contributed by atoms with Crippen LogP contribution in [-0.4, -0.2) is 96.7 Å². The minimum atomic E-state index is -4.88. The molecule has 35 heavy (non-hydrogen) atoms. The van der Waals surface area contributed by atoms with E-state index in [4.69, 9.17) is 11.6 Å². The number of carbonyl (C=O) groups excluding carboxylic acids is 3. The maximum absolute atomic E-state index is 12.9. The number of hydrogen-bond donors (Lipinski definition) is 3. The average Bonchev–Trinajstić information content (AvgIpc) is 3.40. The van der Waals surface area contributed by atoms with Crippen LogP contribution in [0.25, 0.3) is 0 Å². The number of hydrogen-bond acceptors (Lipinski definition) is 13. The number of aromatic nitrogens is 5. The Bertz CT molecular complexity index is 1240. The Hall–Kier alpha value is -1.87. The van der Waals surface area contributed by atoms with Gasteiger partial charge in [-0.1, -0.05) is 16.9 Å². The second-order valence-corrected chi connectivity index (χ2v) is 9.77. The standard InChI is InChI=1S/C14H16ClN9O7S3.Na.H/c1-23-14(19-21-22-23)33-5-7-10(12(27)24(7)34(28,29)30)18-11(26)9(20-31-2)6-4-32-13(16-6)17-8(25)3-15;;/h4,7,10H,3,5H2,1-2H3,(H,18,26)(H,16,17,25)(H,28,29,30);;/q;+1;-1/b20-9-;;. The smallest absolute Gasteiger partial charge is 1.00 e. The van der Waals surface area contributed by atoms with E-state index in [-0.39, 0.29) is 63.5 Å². The number of β-lactam (4-membered cyclic amide) rings is 1. The predicted octanol–water partition coefficient (Wildman–Crippen LogP) is -4.40. The van der Waals surface area contributed by atoms with Gasteiger partial charge in [0.05, 0.1) is 6.04 Å². The minimum Gasteiger partial charge on any atom is -1.00 e. The molecule has 1 aliphatic rings. The Morgan fingerprint density at radius 1 is 1.46 bits per heavy atom. The van der Waals surface area contributed by atoms with Crippen LogP contribution in [0.15, 0.2) is 15.7 Å². The molecule has 0 saturated carbocycles. The number of halogens is 1. The van der Waals surface area contributed by atoms with Crippen molar-refractivity contribution in [2.75, 3.05) is 24.1 Å². The fourth-order valence-corrected chi connectivity index (χ4v) is 5.46. The number of tetrazole rings is 1. The summed E-state index contributed by atoms with van der Waals surface area (Å²) in [6, 6.07) is -2.47. The van der Waals surface area contributed by atoms with E-state index in [1.54, 1.807) is 7.05 Å². The summed E-state index contributed by atoms with van der Waals surface area (Å²) in [5.74, 6) is -2.85. The van der Waals surface area contributed by atoms with Gasteiger partial charge < -0.3 is 16.9 Å². The summed E-state index contributed by atoms with van der Waals surface area (Å²) in [4.78, 5) is 45.5. The van der Waals surface area contributed by atoms with Gasteiger partial charge in [0.1, 0.15) is 24.7 Å². The van der Waals surface area contributed by atoms with Crippen LogP contribution in [-0.2, 0) is 36.6 Å². The molecule has 0 aromatic carbocycles. The van der Waals surface area contributed by atoms with Crippen molar-refractivity contribution in [1.82, 2.24) is 34.8 Å². The van der Waals surface area contributed by atoms with Crippen molar-refractivity contribution in [1.29, 1.82) is 0 Å². The molecular formula is C14H17ClN9NaO7S3. The molecule has 3 rings (SSSR count). The zero-order valence-electron chi connectivity index (χ0n) is 19.3. The molecule has 3 N–H and O–H groups in total. The number of anilines is 1. The summed E-state index contributed by atoms with van der Waals surface area (Å²) in [6.07, 6.45) is 0. The molecule has 3 heterocycles. The van der Waals surface area contributed by atoms with Crippen LogP contribution >= 0.6 is 34.7 Å². The minimum absolute atomic E-state index is 0. The van der Waals surface area contributed by atoms with Gasteiger partial charge in [-0.3, -0.25) is 18.9 Å². The summed E-state index contributed by atoms with van der Waals surface area (Å²) in [5, 5.41) is 21.1. The van der Waals surface area contributed by atoms with Gasteiger partial charge in [-0.25, -0.2) is 14.0 Å². The van der Waals surface area contributed by atoms with Crippen molar-refractivity contribution >= 4 is 73.6 Å². The molecule has 21 heteroatoms. The number of nitrogens with one attached hydrogen (secondary N) is 2. The number of rotatable bonds is 10. The first-order chi connectivity index (χ1) is 16.1. The van der Waals surface area contributed by atoms with Crippen molar-refractivity contribution < 1.29 is 63.2 Å². The monoisotopic (exact) mass is 577 g/mol. The van der Waals surface area contributed by atoms with Gasteiger partial charge in [0.25, 0.3) is 11.8 Å². The Morgan fingerprint density at radius 3 is 2.74 bits per heavy atom. The number of aryl methyl sites for hydroxylation is 1. The molecule has 2 atom stereocenters. The second-order valence-electron chi connectivity index (χ2n) is 6.37. The van der Waals surface area contributed by atoms with Gasteiger partial charge >= 0.3 is 39.9 Å². The van der Waals surface area contributed by atoms with Crippen LogP contribution in [0, 0.1) is 0 Å². The summed E-state index contributed by atoms with van der Waals surface area (Å²) < 4.78 is 34.3. The van der Waals surface area contributed by atoms with Gasteiger partial charge in [0.15, 0.2) is 10.8 Å². The normalized spacial score (nSPS) is 17.9. The third-order valence-corrected chi connectivity index (χ3v) is 7.24. The van der Waals surface area contributed by atoms with Crippen LogP contribution in [0.4, 0.5) is 5.13 Å². The van der Waals surface area contributed by atoms with E-state index >= 15 is 0 Å². The molecule has 16 nitrogen and oxygen atoms in total. The van der Waals surface area contributed by atoms with Gasteiger partial charge in [0.2, 0.25) is 11.1 Å². The summed E-state index contributed by atoms with van der Waals surface area (Å²) >= 11 is 7.43. The van der Waals surface area contributed by atoms with Crippen molar-refractivity contribution in [3.8, 4) is 0 Å². The fourth-order valence-electron chi connectivity index (χ4n) is 2.73. The van der Waals surface area contributed by atoms with Crippen LogP contribution in [0.2, 0.25) is 0 Å². The number of alkyl halides is 1. The van der Waals surface area contributed by atoms with Crippen LogP contribution in [0.5, 0.6) is 0 Å². The van der Waals surface area contributed by atoms with Crippen molar-refractivity contribution in [2.24, 2.45) is 12.2 Å². The SMILES string of the molecule is CO/N=C(\C(=O)NC1C(=O)N(S(=O)(=O)O)C1CSc1nnnn1C)c1csc(NC(=O)CCl)n1.[H-].[Na+]. The molecule has 1 fully saturated rings. The van der Waals surface area contributed by atoms with Gasteiger partial charge in [0, 0.05) is 18.2 Å². The topological polar surface area (TPSA) is 211 Å². The number of thioether (sulfide) groups is 1. The first-order valence-electron chi connectivity index (χ1n) is 8.96. The Labute approximate surface area is 234 Å². The second kappa shape index (κ2) is 12.4. The predicted molar refractivity (Wildman–Crippen MR) is 120 cm³/mol. The number of carbonyl (C=O) groups is 3. The number of oxime groups is 1. The number of thiazole rings is 1. The Kier molecular flexibility index (Phi) is 10.4. The van der Waals surface area contributed by atoms with Gasteiger partial charge in [-0.2, -0.15) is 8.42 Å².